The maximum Gasteiger partial charge on any atom is 0.343 e. The molecule has 0 radical (unpaired) electrons. The minimum atomic E-state index is -0.652. The van der Waals surface area contributed by atoms with Crippen LogP contribution in [0.4, 0.5) is 4.39 Å². The van der Waals surface area contributed by atoms with Crippen molar-refractivity contribution >= 4 is 17.8 Å². The van der Waals surface area contributed by atoms with E-state index in [2.05, 4.69) is 0 Å². The van der Waals surface area contributed by atoms with E-state index in [9.17, 15) is 14.0 Å². The highest BCUT2D eigenvalue weighted by atomic mass is 19.1. The summed E-state index contributed by atoms with van der Waals surface area (Å²) in [4.78, 5) is 25.0. The van der Waals surface area contributed by atoms with Gasteiger partial charge in [-0.3, -0.25) is 4.79 Å². The van der Waals surface area contributed by atoms with Gasteiger partial charge in [0, 0.05) is 11.6 Å². The molecule has 0 saturated carbocycles. The second-order valence-corrected chi connectivity index (χ2v) is 6.58. The fraction of sp³-hybridized carbons (Fsp3) is 0.0833. The molecule has 1 aliphatic rings. The summed E-state index contributed by atoms with van der Waals surface area (Å²) >= 11 is 0. The lowest BCUT2D eigenvalue weighted by molar-refractivity contribution is 0.0734. The summed E-state index contributed by atoms with van der Waals surface area (Å²) in [6.07, 6.45) is 1.56. The number of methoxy groups -OCH3 is 2. The van der Waals surface area contributed by atoms with Crippen LogP contribution < -0.4 is 18.9 Å². The van der Waals surface area contributed by atoms with Crippen molar-refractivity contribution in [1.82, 2.24) is 0 Å². The molecule has 1 aliphatic heterocycles. The number of Topliss-reactive ketones (excluding diaryl/α,β-unsaturated/α-hetero) is 1. The van der Waals surface area contributed by atoms with E-state index in [1.165, 1.54) is 56.7 Å². The number of fused-ring (bicyclic) bond motifs is 1. The largest absolute Gasteiger partial charge is 0.493 e. The number of carbonyl (C=O) groups excluding carboxylic acids is 2. The van der Waals surface area contributed by atoms with Crippen LogP contribution in [0.25, 0.3) is 6.08 Å². The monoisotopic (exact) mass is 420 g/mol. The van der Waals surface area contributed by atoms with Crippen LogP contribution in [-0.4, -0.2) is 26.0 Å². The van der Waals surface area contributed by atoms with E-state index in [0.717, 1.165) is 0 Å². The molecule has 3 aromatic rings. The second kappa shape index (κ2) is 8.31. The number of para-hydroxylation sites is 1. The predicted molar refractivity (Wildman–Crippen MR) is 110 cm³/mol. The van der Waals surface area contributed by atoms with Crippen LogP contribution in [0.3, 0.4) is 0 Å². The van der Waals surface area contributed by atoms with E-state index in [0.29, 0.717) is 22.6 Å². The fourth-order valence-electron chi connectivity index (χ4n) is 3.15. The average Bonchev–Trinajstić information content (AvgIpc) is 3.08. The molecule has 0 saturated heterocycles. The minimum absolute atomic E-state index is 0.101. The van der Waals surface area contributed by atoms with E-state index in [1.54, 1.807) is 24.3 Å². The molecule has 0 aliphatic carbocycles. The summed E-state index contributed by atoms with van der Waals surface area (Å²) in [6.45, 7) is 0. The normalized spacial score (nSPS) is 13.5. The van der Waals surface area contributed by atoms with Crippen molar-refractivity contribution in [2.24, 2.45) is 0 Å². The number of rotatable bonds is 5. The lowest BCUT2D eigenvalue weighted by Gasteiger charge is -2.10. The van der Waals surface area contributed by atoms with Crippen LogP contribution in [-0.2, 0) is 0 Å². The molecule has 156 valence electrons. The fourth-order valence-corrected chi connectivity index (χ4v) is 3.15. The lowest BCUT2D eigenvalue weighted by Crippen LogP contribution is -2.08. The molecule has 6 nitrogen and oxygen atoms in total. The molecular weight excluding hydrogens is 403 g/mol. The number of ether oxygens (including phenoxy) is 4. The Morgan fingerprint density at radius 2 is 1.77 bits per heavy atom. The number of hydrogen-bond donors (Lipinski definition) is 0. The first-order chi connectivity index (χ1) is 15.0. The highest BCUT2D eigenvalue weighted by Gasteiger charge is 2.28. The van der Waals surface area contributed by atoms with Gasteiger partial charge in [-0.05, 0) is 48.5 Å². The predicted octanol–water partition coefficient (Wildman–Crippen LogP) is 4.68. The molecule has 0 spiro atoms. The molecule has 0 amide bonds. The molecule has 3 aromatic carbocycles. The first-order valence-electron chi connectivity index (χ1n) is 9.27. The zero-order chi connectivity index (χ0) is 22.0. The Hall–Kier alpha value is -4.13. The summed E-state index contributed by atoms with van der Waals surface area (Å²) in [5, 5.41) is 0. The number of hydrogen-bond acceptors (Lipinski definition) is 6. The van der Waals surface area contributed by atoms with Crippen molar-refractivity contribution in [3.05, 3.63) is 88.9 Å². The first-order valence-corrected chi connectivity index (χ1v) is 9.27. The number of allylic oxidation sites excluding steroid dienone is 1. The van der Waals surface area contributed by atoms with Crippen LogP contribution in [0.15, 0.2) is 66.4 Å². The van der Waals surface area contributed by atoms with Crippen LogP contribution >= 0.6 is 0 Å². The maximum absolute atomic E-state index is 13.0. The standard InChI is InChI=1S/C24H17FO6/c1-28-19-5-3-4-15(23(19)29-2)12-21-22(26)18-11-10-17(13-20(18)31-21)30-24(27)14-6-8-16(25)9-7-14/h3-13H,1-2H3. The quantitative estimate of drug-likeness (QED) is 0.339. The van der Waals surface area contributed by atoms with Gasteiger partial charge in [0.25, 0.3) is 0 Å². The van der Waals surface area contributed by atoms with Crippen molar-refractivity contribution < 1.29 is 32.9 Å². The second-order valence-electron chi connectivity index (χ2n) is 6.58. The molecule has 0 fully saturated rings. The molecular formula is C24H17FO6. The van der Waals surface area contributed by atoms with Gasteiger partial charge in [-0.15, -0.1) is 0 Å². The third-order valence-corrected chi connectivity index (χ3v) is 4.65. The van der Waals surface area contributed by atoms with Gasteiger partial charge in [0.05, 0.1) is 25.3 Å². The van der Waals surface area contributed by atoms with Gasteiger partial charge in [-0.1, -0.05) is 12.1 Å². The summed E-state index contributed by atoms with van der Waals surface area (Å²) in [5.74, 6) is 0.145. The van der Waals surface area contributed by atoms with Crippen LogP contribution in [0.1, 0.15) is 26.3 Å². The number of ketones is 1. The van der Waals surface area contributed by atoms with Gasteiger partial charge in [0.15, 0.2) is 17.3 Å². The molecule has 0 unspecified atom stereocenters. The zero-order valence-electron chi connectivity index (χ0n) is 16.7. The van der Waals surface area contributed by atoms with Crippen molar-refractivity contribution in [3.8, 4) is 23.0 Å². The molecule has 1 heterocycles. The Bertz CT molecular complexity index is 1200. The zero-order valence-corrected chi connectivity index (χ0v) is 16.7. The number of benzene rings is 3. The number of carbonyl (C=O) groups is 2. The van der Waals surface area contributed by atoms with E-state index in [4.69, 9.17) is 18.9 Å². The van der Waals surface area contributed by atoms with E-state index in [-0.39, 0.29) is 28.6 Å². The molecule has 4 rings (SSSR count). The van der Waals surface area contributed by atoms with Gasteiger partial charge in [-0.2, -0.15) is 0 Å². The number of esters is 1. The summed E-state index contributed by atoms with van der Waals surface area (Å²) < 4.78 is 34.7. The topological polar surface area (TPSA) is 71.1 Å². The Morgan fingerprint density at radius 1 is 1.00 bits per heavy atom. The first kappa shape index (κ1) is 20.2. The summed E-state index contributed by atoms with van der Waals surface area (Å²) in [6, 6.07) is 14.8. The SMILES string of the molecule is COc1cccc(C=C2Oc3cc(OC(=O)c4ccc(F)cc4)ccc3C2=O)c1OC. The van der Waals surface area contributed by atoms with E-state index in [1.807, 2.05) is 0 Å². The third kappa shape index (κ3) is 3.98. The summed E-state index contributed by atoms with van der Waals surface area (Å²) in [7, 11) is 3.03. The van der Waals surface area contributed by atoms with E-state index < -0.39 is 11.8 Å². The maximum atomic E-state index is 13.0. The minimum Gasteiger partial charge on any atom is -0.493 e. The molecule has 0 N–H and O–H groups in total. The Kier molecular flexibility index (Phi) is 5.41. The van der Waals surface area contributed by atoms with Crippen LogP contribution in [0.5, 0.6) is 23.0 Å². The van der Waals surface area contributed by atoms with Crippen molar-refractivity contribution in [1.29, 1.82) is 0 Å². The summed E-state index contributed by atoms with van der Waals surface area (Å²) in [5.41, 5.74) is 1.15. The molecule has 31 heavy (non-hydrogen) atoms. The van der Waals surface area contributed by atoms with E-state index >= 15 is 0 Å². The number of halogens is 1. The van der Waals surface area contributed by atoms with Crippen molar-refractivity contribution in [2.45, 2.75) is 0 Å². The lowest BCUT2D eigenvalue weighted by atomic mass is 10.1. The Labute approximate surface area is 177 Å². The Balaban J connectivity index is 1.58. The van der Waals surface area contributed by atoms with Crippen molar-refractivity contribution in [3.63, 3.8) is 0 Å². The molecule has 0 atom stereocenters. The van der Waals surface area contributed by atoms with Gasteiger partial charge in [-0.25, -0.2) is 9.18 Å². The van der Waals surface area contributed by atoms with Crippen molar-refractivity contribution in [2.75, 3.05) is 14.2 Å². The van der Waals surface area contributed by atoms with Crippen LogP contribution in [0, 0.1) is 5.82 Å². The average molecular weight is 420 g/mol. The molecule has 7 heteroatoms. The van der Waals surface area contributed by atoms with Gasteiger partial charge in [0.2, 0.25) is 5.78 Å². The van der Waals surface area contributed by atoms with Gasteiger partial charge >= 0.3 is 5.97 Å². The third-order valence-electron chi connectivity index (χ3n) is 4.65. The Morgan fingerprint density at radius 3 is 2.48 bits per heavy atom. The highest BCUT2D eigenvalue weighted by molar-refractivity contribution is 6.14. The van der Waals surface area contributed by atoms with Gasteiger partial charge < -0.3 is 18.9 Å². The van der Waals surface area contributed by atoms with Gasteiger partial charge in [0.1, 0.15) is 17.3 Å². The smallest absolute Gasteiger partial charge is 0.343 e. The van der Waals surface area contributed by atoms with Crippen LogP contribution in [0.2, 0.25) is 0 Å². The molecule has 0 aromatic heterocycles. The highest BCUT2D eigenvalue weighted by Crippen LogP contribution is 2.37. The molecule has 0 bridgehead atoms.